The SMILES string of the molecule is C=C1OC[C@@H]1NC(=O)c1cc(Cl)ccc1O. The lowest BCUT2D eigenvalue weighted by molar-refractivity contribution is 0.0620. The van der Waals surface area contributed by atoms with E-state index < -0.39 is 5.91 Å². The van der Waals surface area contributed by atoms with Crippen molar-refractivity contribution in [3.05, 3.63) is 41.1 Å². The lowest BCUT2D eigenvalue weighted by Crippen LogP contribution is -2.46. The average Bonchev–Trinajstić information content (AvgIpc) is 2.26. The first-order valence-corrected chi connectivity index (χ1v) is 5.06. The first kappa shape index (κ1) is 10.8. The number of amides is 1. The summed E-state index contributed by atoms with van der Waals surface area (Å²) in [5.74, 6) is 0.0251. The van der Waals surface area contributed by atoms with Gasteiger partial charge in [-0.1, -0.05) is 18.2 Å². The number of phenols is 1. The molecule has 1 fully saturated rings. The van der Waals surface area contributed by atoms with E-state index in [-0.39, 0.29) is 17.4 Å². The van der Waals surface area contributed by atoms with Crippen molar-refractivity contribution in [1.29, 1.82) is 0 Å². The largest absolute Gasteiger partial charge is 0.507 e. The number of rotatable bonds is 2. The number of carbonyl (C=O) groups excluding carboxylic acids is 1. The minimum Gasteiger partial charge on any atom is -0.507 e. The summed E-state index contributed by atoms with van der Waals surface area (Å²) in [7, 11) is 0. The van der Waals surface area contributed by atoms with Gasteiger partial charge < -0.3 is 15.2 Å². The van der Waals surface area contributed by atoms with Gasteiger partial charge in [0.25, 0.3) is 5.91 Å². The van der Waals surface area contributed by atoms with Gasteiger partial charge in [-0.05, 0) is 18.2 Å². The van der Waals surface area contributed by atoms with Gasteiger partial charge >= 0.3 is 0 Å². The van der Waals surface area contributed by atoms with Crippen LogP contribution in [0.4, 0.5) is 0 Å². The highest BCUT2D eigenvalue weighted by molar-refractivity contribution is 6.31. The van der Waals surface area contributed by atoms with Crippen LogP contribution in [0.25, 0.3) is 0 Å². The Balaban J connectivity index is 2.14. The Morgan fingerprint density at radius 2 is 2.38 bits per heavy atom. The van der Waals surface area contributed by atoms with Crippen molar-refractivity contribution in [1.82, 2.24) is 5.32 Å². The number of nitrogens with one attached hydrogen (secondary N) is 1. The third kappa shape index (κ3) is 1.97. The summed E-state index contributed by atoms with van der Waals surface area (Å²) in [4.78, 5) is 11.7. The molecule has 0 bridgehead atoms. The maximum Gasteiger partial charge on any atom is 0.255 e. The van der Waals surface area contributed by atoms with Gasteiger partial charge in [0.15, 0.2) is 0 Å². The van der Waals surface area contributed by atoms with Gasteiger partial charge in [-0.3, -0.25) is 4.79 Å². The van der Waals surface area contributed by atoms with E-state index in [4.69, 9.17) is 16.3 Å². The smallest absolute Gasteiger partial charge is 0.255 e. The molecule has 1 atom stereocenters. The molecule has 0 aliphatic carbocycles. The molecule has 0 spiro atoms. The second-order valence-corrected chi connectivity index (χ2v) is 3.90. The zero-order valence-corrected chi connectivity index (χ0v) is 9.12. The van der Waals surface area contributed by atoms with Gasteiger partial charge in [-0.25, -0.2) is 0 Å². The van der Waals surface area contributed by atoms with Crippen LogP contribution in [0, 0.1) is 0 Å². The molecule has 1 aliphatic heterocycles. The predicted molar refractivity (Wildman–Crippen MR) is 59.5 cm³/mol. The van der Waals surface area contributed by atoms with Crippen LogP contribution in [0.1, 0.15) is 10.4 Å². The number of hydrogen-bond donors (Lipinski definition) is 2. The summed E-state index contributed by atoms with van der Waals surface area (Å²) in [6.07, 6.45) is 0. The third-order valence-electron chi connectivity index (χ3n) is 2.33. The van der Waals surface area contributed by atoms with Crippen molar-refractivity contribution < 1.29 is 14.6 Å². The molecule has 1 aliphatic rings. The van der Waals surface area contributed by atoms with Crippen LogP contribution in [0.3, 0.4) is 0 Å². The molecule has 4 nitrogen and oxygen atoms in total. The number of benzene rings is 1. The van der Waals surface area contributed by atoms with Gasteiger partial charge in [-0.15, -0.1) is 0 Å². The van der Waals surface area contributed by atoms with Gasteiger partial charge in [0.05, 0.1) is 5.56 Å². The minimum absolute atomic E-state index is 0.104. The lowest BCUT2D eigenvalue weighted by Gasteiger charge is -2.30. The monoisotopic (exact) mass is 239 g/mol. The van der Waals surface area contributed by atoms with E-state index in [1.165, 1.54) is 18.2 Å². The number of hydrogen-bond acceptors (Lipinski definition) is 3. The Morgan fingerprint density at radius 1 is 1.62 bits per heavy atom. The van der Waals surface area contributed by atoms with Crippen molar-refractivity contribution in [3.8, 4) is 5.75 Å². The zero-order valence-electron chi connectivity index (χ0n) is 8.37. The normalized spacial score (nSPS) is 18.6. The Hall–Kier alpha value is -1.68. The van der Waals surface area contributed by atoms with Gasteiger partial charge in [-0.2, -0.15) is 0 Å². The molecule has 1 aromatic carbocycles. The first-order valence-electron chi connectivity index (χ1n) is 4.69. The lowest BCUT2D eigenvalue weighted by atomic mass is 10.1. The van der Waals surface area contributed by atoms with Crippen LogP contribution < -0.4 is 5.32 Å². The number of ether oxygens (including phenoxy) is 1. The van der Waals surface area contributed by atoms with E-state index in [2.05, 4.69) is 11.9 Å². The summed E-state index contributed by atoms with van der Waals surface area (Å²) in [6.45, 7) is 4.01. The van der Waals surface area contributed by atoms with E-state index in [1.807, 2.05) is 0 Å². The fourth-order valence-corrected chi connectivity index (χ4v) is 1.50. The molecule has 1 heterocycles. The summed E-state index contributed by atoms with van der Waals surface area (Å²) < 4.78 is 4.94. The van der Waals surface area contributed by atoms with Gasteiger partial charge in [0, 0.05) is 5.02 Å². The second kappa shape index (κ2) is 4.06. The van der Waals surface area contributed by atoms with Gasteiger partial charge in [0.1, 0.15) is 24.2 Å². The maximum absolute atomic E-state index is 11.7. The molecule has 1 saturated heterocycles. The molecule has 0 aromatic heterocycles. The summed E-state index contributed by atoms with van der Waals surface area (Å²) >= 11 is 5.74. The fraction of sp³-hybridized carbons (Fsp3) is 0.182. The molecule has 0 unspecified atom stereocenters. The second-order valence-electron chi connectivity index (χ2n) is 3.46. The van der Waals surface area contributed by atoms with Crippen molar-refractivity contribution in [2.24, 2.45) is 0 Å². The zero-order chi connectivity index (χ0) is 11.7. The molecule has 1 amide bonds. The highest BCUT2D eigenvalue weighted by atomic mass is 35.5. The number of halogens is 1. The Morgan fingerprint density at radius 3 is 2.94 bits per heavy atom. The molecule has 0 saturated carbocycles. The maximum atomic E-state index is 11.7. The summed E-state index contributed by atoms with van der Waals surface area (Å²) in [6, 6.07) is 4.11. The molecule has 2 rings (SSSR count). The Bertz CT molecular complexity index is 459. The quantitative estimate of drug-likeness (QED) is 0.826. The number of carbonyl (C=O) groups is 1. The van der Waals surface area contributed by atoms with Crippen molar-refractivity contribution in [2.75, 3.05) is 6.61 Å². The molecule has 2 N–H and O–H groups in total. The van der Waals surface area contributed by atoms with Crippen molar-refractivity contribution in [2.45, 2.75) is 6.04 Å². The molecular weight excluding hydrogens is 230 g/mol. The van der Waals surface area contributed by atoms with E-state index in [1.54, 1.807) is 0 Å². The fourth-order valence-electron chi connectivity index (χ4n) is 1.33. The molecule has 0 radical (unpaired) electrons. The van der Waals surface area contributed by atoms with Crippen LogP contribution in [-0.2, 0) is 4.74 Å². The summed E-state index contributed by atoms with van der Waals surface area (Å²) in [5.41, 5.74) is 0.146. The van der Waals surface area contributed by atoms with Crippen molar-refractivity contribution in [3.63, 3.8) is 0 Å². The van der Waals surface area contributed by atoms with Crippen LogP contribution >= 0.6 is 11.6 Å². The topological polar surface area (TPSA) is 58.6 Å². The standard InChI is InChI=1S/C11H10ClNO3/c1-6-9(5-16-6)13-11(15)8-4-7(12)2-3-10(8)14/h2-4,9,14H,1,5H2,(H,13,15)/t9-/m0/s1. The number of aromatic hydroxyl groups is 1. The van der Waals surface area contributed by atoms with Crippen LogP contribution in [0.2, 0.25) is 5.02 Å². The predicted octanol–water partition coefficient (Wildman–Crippen LogP) is 1.69. The van der Waals surface area contributed by atoms with E-state index in [9.17, 15) is 9.90 Å². The Kier molecular flexibility index (Phi) is 2.75. The van der Waals surface area contributed by atoms with Gasteiger partial charge in [0.2, 0.25) is 0 Å². The molecule has 84 valence electrons. The van der Waals surface area contributed by atoms with E-state index in [0.29, 0.717) is 17.4 Å². The Labute approximate surface area is 97.5 Å². The van der Waals surface area contributed by atoms with Crippen LogP contribution in [-0.4, -0.2) is 23.7 Å². The highest BCUT2D eigenvalue weighted by Gasteiger charge is 2.27. The highest BCUT2D eigenvalue weighted by Crippen LogP contribution is 2.22. The van der Waals surface area contributed by atoms with Crippen molar-refractivity contribution >= 4 is 17.5 Å². The van der Waals surface area contributed by atoms with Crippen LogP contribution in [0.5, 0.6) is 5.75 Å². The van der Waals surface area contributed by atoms with E-state index >= 15 is 0 Å². The molecule has 16 heavy (non-hydrogen) atoms. The average molecular weight is 240 g/mol. The van der Waals surface area contributed by atoms with E-state index in [0.717, 1.165) is 0 Å². The minimum atomic E-state index is -0.394. The van der Waals surface area contributed by atoms with Crippen LogP contribution in [0.15, 0.2) is 30.5 Å². The molecule has 5 heteroatoms. The number of phenolic OH excluding ortho intramolecular Hbond substituents is 1. The third-order valence-corrected chi connectivity index (χ3v) is 2.57. The molecular formula is C11H10ClNO3. The molecule has 1 aromatic rings. The summed E-state index contributed by atoms with van der Waals surface area (Å²) in [5, 5.41) is 12.6. The first-order chi connectivity index (χ1) is 7.58.